The molecule has 1 aliphatic rings. The molecule has 1 aromatic carbocycles. The number of piperazine rings is 1. The maximum absolute atomic E-state index is 14.0. The lowest BCUT2D eigenvalue weighted by Gasteiger charge is -2.36. The minimum atomic E-state index is -0.442. The summed E-state index contributed by atoms with van der Waals surface area (Å²) in [6.45, 7) is 6.52. The Morgan fingerprint density at radius 2 is 1.87 bits per heavy atom. The maximum atomic E-state index is 14.0. The second-order valence-corrected chi connectivity index (χ2v) is 7.77. The van der Waals surface area contributed by atoms with E-state index in [0.717, 1.165) is 22.9 Å². The number of anilines is 1. The summed E-state index contributed by atoms with van der Waals surface area (Å²) in [5.41, 5.74) is 3.28. The van der Waals surface area contributed by atoms with Gasteiger partial charge in [-0.1, -0.05) is 23.7 Å². The number of rotatable bonds is 4. The normalized spacial score (nSPS) is 14.3. The van der Waals surface area contributed by atoms with Crippen LogP contribution in [0.3, 0.4) is 0 Å². The minimum Gasteiger partial charge on any atom is -0.365 e. The molecular formula is C22H23ClFN5O. The highest BCUT2D eigenvalue weighted by Gasteiger charge is 2.26. The molecule has 1 fully saturated rings. The first-order valence-electron chi connectivity index (χ1n) is 9.89. The third kappa shape index (κ3) is 3.89. The Labute approximate surface area is 179 Å². The molecule has 3 aromatic rings. The molecular weight excluding hydrogens is 405 g/mol. The van der Waals surface area contributed by atoms with Gasteiger partial charge >= 0.3 is 0 Å². The third-order valence-corrected chi connectivity index (χ3v) is 5.81. The van der Waals surface area contributed by atoms with Crippen molar-refractivity contribution in [2.24, 2.45) is 0 Å². The zero-order chi connectivity index (χ0) is 21.3. The van der Waals surface area contributed by atoms with Crippen LogP contribution in [-0.4, -0.2) is 51.8 Å². The van der Waals surface area contributed by atoms with Gasteiger partial charge < -0.3 is 9.80 Å². The van der Waals surface area contributed by atoms with E-state index in [1.54, 1.807) is 23.2 Å². The molecule has 0 saturated carbocycles. The van der Waals surface area contributed by atoms with E-state index in [4.69, 9.17) is 11.6 Å². The molecule has 6 nitrogen and oxygen atoms in total. The number of hydrogen-bond acceptors (Lipinski definition) is 4. The number of pyridine rings is 1. The number of amides is 1. The fourth-order valence-electron chi connectivity index (χ4n) is 3.94. The summed E-state index contributed by atoms with van der Waals surface area (Å²) in [7, 11) is 0. The Bertz CT molecular complexity index is 1040. The summed E-state index contributed by atoms with van der Waals surface area (Å²) >= 11 is 6.07. The van der Waals surface area contributed by atoms with Crippen LogP contribution in [0.2, 0.25) is 5.02 Å². The van der Waals surface area contributed by atoms with Gasteiger partial charge in [0, 0.05) is 43.0 Å². The average molecular weight is 428 g/mol. The predicted molar refractivity (Wildman–Crippen MR) is 115 cm³/mol. The average Bonchev–Trinajstić information content (AvgIpc) is 3.05. The monoisotopic (exact) mass is 427 g/mol. The zero-order valence-corrected chi connectivity index (χ0v) is 17.7. The molecule has 0 bridgehead atoms. The van der Waals surface area contributed by atoms with E-state index >= 15 is 0 Å². The predicted octanol–water partition coefficient (Wildman–Crippen LogP) is 3.57. The van der Waals surface area contributed by atoms with Crippen LogP contribution < -0.4 is 4.90 Å². The first-order chi connectivity index (χ1) is 14.5. The van der Waals surface area contributed by atoms with Crippen LogP contribution in [0.5, 0.6) is 0 Å². The van der Waals surface area contributed by atoms with E-state index in [-0.39, 0.29) is 22.9 Å². The van der Waals surface area contributed by atoms with Crippen molar-refractivity contribution >= 4 is 23.2 Å². The second-order valence-electron chi connectivity index (χ2n) is 7.36. The first-order valence-corrected chi connectivity index (χ1v) is 10.3. The van der Waals surface area contributed by atoms with Crippen molar-refractivity contribution in [2.45, 2.75) is 20.3 Å². The number of nitrogens with zero attached hydrogens (tertiary/aromatic N) is 5. The summed E-state index contributed by atoms with van der Waals surface area (Å²) in [6, 6.07) is 10.2. The second kappa shape index (κ2) is 8.44. The number of aryl methyl sites for hydroxylation is 1. The summed E-state index contributed by atoms with van der Waals surface area (Å²) in [4.78, 5) is 21.1. The molecule has 1 amide bonds. The molecule has 0 N–H and O–H groups in total. The number of aromatic nitrogens is 3. The molecule has 30 heavy (non-hydrogen) atoms. The van der Waals surface area contributed by atoms with E-state index in [9.17, 15) is 9.18 Å². The van der Waals surface area contributed by atoms with Gasteiger partial charge in [-0.25, -0.2) is 14.1 Å². The van der Waals surface area contributed by atoms with Gasteiger partial charge in [0.15, 0.2) is 5.82 Å². The third-order valence-electron chi connectivity index (χ3n) is 5.46. The summed E-state index contributed by atoms with van der Waals surface area (Å²) in [5, 5.41) is 4.95. The molecule has 1 saturated heterocycles. The minimum absolute atomic E-state index is 0.0266. The van der Waals surface area contributed by atoms with Crippen molar-refractivity contribution in [1.82, 2.24) is 19.7 Å². The number of hydrogen-bond donors (Lipinski definition) is 0. The molecule has 3 heterocycles. The van der Waals surface area contributed by atoms with Gasteiger partial charge in [0.05, 0.1) is 23.5 Å². The van der Waals surface area contributed by atoms with Crippen LogP contribution in [0, 0.1) is 19.7 Å². The molecule has 2 aromatic heterocycles. The Morgan fingerprint density at radius 3 is 2.53 bits per heavy atom. The van der Waals surface area contributed by atoms with Gasteiger partial charge in [0.25, 0.3) is 0 Å². The van der Waals surface area contributed by atoms with Crippen molar-refractivity contribution in [2.75, 3.05) is 31.1 Å². The zero-order valence-electron chi connectivity index (χ0n) is 17.0. The quantitative estimate of drug-likeness (QED) is 0.638. The van der Waals surface area contributed by atoms with Crippen molar-refractivity contribution < 1.29 is 9.18 Å². The van der Waals surface area contributed by atoms with E-state index in [2.05, 4.69) is 15.0 Å². The number of halogens is 2. The Balaban J connectivity index is 1.45. The number of benzene rings is 1. The van der Waals surface area contributed by atoms with Crippen molar-refractivity contribution in [3.63, 3.8) is 0 Å². The highest BCUT2D eigenvalue weighted by atomic mass is 35.5. The molecule has 0 aliphatic carbocycles. The van der Waals surface area contributed by atoms with Crippen LogP contribution in [0.25, 0.3) is 5.82 Å². The lowest BCUT2D eigenvalue weighted by Crippen LogP contribution is -2.49. The topological polar surface area (TPSA) is 54.3 Å². The van der Waals surface area contributed by atoms with E-state index in [0.29, 0.717) is 26.2 Å². The van der Waals surface area contributed by atoms with E-state index < -0.39 is 5.82 Å². The molecule has 4 rings (SSSR count). The Hall–Kier alpha value is -2.93. The van der Waals surface area contributed by atoms with Crippen molar-refractivity contribution in [3.8, 4) is 5.82 Å². The molecule has 8 heteroatoms. The summed E-state index contributed by atoms with van der Waals surface area (Å²) < 4.78 is 15.9. The van der Waals surface area contributed by atoms with Crippen LogP contribution >= 0.6 is 11.6 Å². The Morgan fingerprint density at radius 1 is 1.10 bits per heavy atom. The van der Waals surface area contributed by atoms with Gasteiger partial charge in [-0.05, 0) is 38.1 Å². The number of carbonyl (C=O) groups is 1. The molecule has 1 aliphatic heterocycles. The fraction of sp³-hybridized carbons (Fsp3) is 0.318. The molecule has 0 unspecified atom stereocenters. The largest absolute Gasteiger partial charge is 0.365 e. The molecule has 0 radical (unpaired) electrons. The fourth-order valence-corrected chi connectivity index (χ4v) is 4.17. The van der Waals surface area contributed by atoms with Crippen LogP contribution in [-0.2, 0) is 11.2 Å². The smallest absolute Gasteiger partial charge is 0.227 e. The SMILES string of the molecule is Cc1nn(-c2ccccn2)c(C)c1N1CCN(C(=O)Cc2c(F)cccc2Cl)CC1. The maximum Gasteiger partial charge on any atom is 0.227 e. The molecule has 0 atom stereocenters. The molecule has 156 valence electrons. The highest BCUT2D eigenvalue weighted by molar-refractivity contribution is 6.31. The van der Waals surface area contributed by atoms with Crippen LogP contribution in [0.1, 0.15) is 17.0 Å². The lowest BCUT2D eigenvalue weighted by atomic mass is 10.1. The summed E-state index contributed by atoms with van der Waals surface area (Å²) in [6.07, 6.45) is 1.72. The number of carbonyl (C=O) groups excluding carboxylic acids is 1. The standard InChI is InChI=1S/C22H23ClFN5O/c1-15-22(16(2)29(26-15)20-8-3-4-9-25-20)28-12-10-27(11-13-28)21(30)14-17-18(23)6-5-7-19(17)24/h3-9H,10-14H2,1-2H3. The van der Waals surface area contributed by atoms with E-state index in [1.807, 2.05) is 36.7 Å². The molecule has 0 spiro atoms. The van der Waals surface area contributed by atoms with Crippen molar-refractivity contribution in [3.05, 3.63) is 70.4 Å². The van der Waals surface area contributed by atoms with E-state index in [1.165, 1.54) is 6.07 Å². The van der Waals surface area contributed by atoms with Crippen LogP contribution in [0.15, 0.2) is 42.6 Å². The van der Waals surface area contributed by atoms with Gasteiger partial charge in [-0.2, -0.15) is 5.10 Å². The highest BCUT2D eigenvalue weighted by Crippen LogP contribution is 2.27. The van der Waals surface area contributed by atoms with Gasteiger partial charge in [-0.15, -0.1) is 0 Å². The lowest BCUT2D eigenvalue weighted by molar-refractivity contribution is -0.130. The van der Waals surface area contributed by atoms with Crippen molar-refractivity contribution in [1.29, 1.82) is 0 Å². The first kappa shape index (κ1) is 20.3. The van der Waals surface area contributed by atoms with Gasteiger partial charge in [0.1, 0.15) is 5.82 Å². The van der Waals surface area contributed by atoms with Crippen LogP contribution in [0.4, 0.5) is 10.1 Å². The Kier molecular flexibility index (Phi) is 5.72. The van der Waals surface area contributed by atoms with Gasteiger partial charge in [-0.3, -0.25) is 4.79 Å². The van der Waals surface area contributed by atoms with Gasteiger partial charge in [0.2, 0.25) is 5.91 Å². The summed E-state index contributed by atoms with van der Waals surface area (Å²) in [5.74, 6) is 0.224.